The summed E-state index contributed by atoms with van der Waals surface area (Å²) in [5, 5.41) is 12.2. The van der Waals surface area contributed by atoms with Crippen molar-refractivity contribution in [3.05, 3.63) is 53.1 Å². The average molecular weight is 237 g/mol. The number of hydrogen-bond acceptors (Lipinski definition) is 3. The van der Waals surface area contributed by atoms with Gasteiger partial charge >= 0.3 is 0 Å². The molecule has 0 unspecified atom stereocenters. The quantitative estimate of drug-likeness (QED) is 0.786. The maximum atomic E-state index is 8.95. The first kappa shape index (κ1) is 12.0. The predicted molar refractivity (Wildman–Crippen MR) is 74.8 cm³/mol. The first-order valence-corrected chi connectivity index (χ1v) is 5.75. The number of nitriles is 1. The second-order valence-electron chi connectivity index (χ2n) is 4.25. The van der Waals surface area contributed by atoms with E-state index in [-0.39, 0.29) is 0 Å². The van der Waals surface area contributed by atoms with Crippen LogP contribution in [0.2, 0.25) is 0 Å². The van der Waals surface area contributed by atoms with Crippen LogP contribution in [0.4, 0.5) is 17.1 Å². The SMILES string of the molecule is Cc1cccc(Nc2cccc(C#N)c2N)c1C. The normalized spacial score (nSPS) is 9.83. The van der Waals surface area contributed by atoms with Gasteiger partial charge in [0, 0.05) is 5.69 Å². The molecule has 0 atom stereocenters. The van der Waals surface area contributed by atoms with Gasteiger partial charge in [-0.2, -0.15) is 5.26 Å². The number of anilines is 3. The summed E-state index contributed by atoms with van der Waals surface area (Å²) >= 11 is 0. The van der Waals surface area contributed by atoms with E-state index < -0.39 is 0 Å². The Bertz CT molecular complexity index is 624. The maximum absolute atomic E-state index is 8.95. The Hall–Kier alpha value is -2.47. The molecule has 0 aliphatic rings. The van der Waals surface area contributed by atoms with E-state index >= 15 is 0 Å². The Balaban J connectivity index is 2.41. The van der Waals surface area contributed by atoms with E-state index in [1.54, 1.807) is 6.07 Å². The van der Waals surface area contributed by atoms with Crippen LogP contribution in [-0.4, -0.2) is 0 Å². The summed E-state index contributed by atoms with van der Waals surface area (Å²) in [6.07, 6.45) is 0. The van der Waals surface area contributed by atoms with E-state index in [2.05, 4.69) is 31.3 Å². The molecule has 0 aliphatic heterocycles. The number of aryl methyl sites for hydroxylation is 1. The molecule has 0 aromatic heterocycles. The smallest absolute Gasteiger partial charge is 0.101 e. The van der Waals surface area contributed by atoms with Gasteiger partial charge in [0.2, 0.25) is 0 Å². The molecule has 90 valence electrons. The molecule has 2 rings (SSSR count). The molecule has 0 radical (unpaired) electrons. The largest absolute Gasteiger partial charge is 0.396 e. The number of rotatable bonds is 2. The molecule has 2 aromatic rings. The lowest BCUT2D eigenvalue weighted by Crippen LogP contribution is -2.00. The molecule has 0 spiro atoms. The van der Waals surface area contributed by atoms with Crippen LogP contribution in [0.3, 0.4) is 0 Å². The van der Waals surface area contributed by atoms with Crippen molar-refractivity contribution in [1.29, 1.82) is 5.26 Å². The van der Waals surface area contributed by atoms with Gasteiger partial charge in [0.15, 0.2) is 0 Å². The van der Waals surface area contributed by atoms with Crippen LogP contribution in [0, 0.1) is 25.2 Å². The highest BCUT2D eigenvalue weighted by Gasteiger charge is 2.06. The van der Waals surface area contributed by atoms with Gasteiger partial charge in [-0.15, -0.1) is 0 Å². The highest BCUT2D eigenvalue weighted by Crippen LogP contribution is 2.28. The first-order valence-electron chi connectivity index (χ1n) is 5.75. The Morgan fingerprint density at radius 2 is 1.72 bits per heavy atom. The predicted octanol–water partition coefficient (Wildman–Crippen LogP) is 3.50. The summed E-state index contributed by atoms with van der Waals surface area (Å²) < 4.78 is 0. The molecule has 0 aliphatic carbocycles. The van der Waals surface area contributed by atoms with E-state index in [1.807, 2.05) is 24.3 Å². The zero-order chi connectivity index (χ0) is 13.1. The van der Waals surface area contributed by atoms with Crippen molar-refractivity contribution in [3.63, 3.8) is 0 Å². The maximum Gasteiger partial charge on any atom is 0.101 e. The van der Waals surface area contributed by atoms with Crippen LogP contribution in [-0.2, 0) is 0 Å². The fourth-order valence-electron chi connectivity index (χ4n) is 1.80. The van der Waals surface area contributed by atoms with Crippen molar-refractivity contribution >= 4 is 17.1 Å². The minimum absolute atomic E-state index is 0.487. The van der Waals surface area contributed by atoms with E-state index in [0.29, 0.717) is 11.3 Å². The van der Waals surface area contributed by atoms with Crippen molar-refractivity contribution in [3.8, 4) is 6.07 Å². The lowest BCUT2D eigenvalue weighted by Gasteiger charge is -2.13. The zero-order valence-electron chi connectivity index (χ0n) is 10.5. The Kier molecular flexibility index (Phi) is 3.20. The highest BCUT2D eigenvalue weighted by atomic mass is 14.9. The van der Waals surface area contributed by atoms with Crippen molar-refractivity contribution in [1.82, 2.24) is 0 Å². The van der Waals surface area contributed by atoms with E-state index in [4.69, 9.17) is 11.0 Å². The molecule has 18 heavy (non-hydrogen) atoms. The van der Waals surface area contributed by atoms with Gasteiger partial charge in [-0.3, -0.25) is 0 Å². The average Bonchev–Trinajstić information content (AvgIpc) is 2.37. The second-order valence-corrected chi connectivity index (χ2v) is 4.25. The van der Waals surface area contributed by atoms with Gasteiger partial charge in [-0.05, 0) is 43.2 Å². The third-order valence-corrected chi connectivity index (χ3v) is 3.10. The highest BCUT2D eigenvalue weighted by molar-refractivity contribution is 5.78. The number of nitrogens with two attached hydrogens (primary N) is 1. The number of nitrogens with zero attached hydrogens (tertiary/aromatic N) is 1. The van der Waals surface area contributed by atoms with Crippen molar-refractivity contribution < 1.29 is 0 Å². The number of benzene rings is 2. The Labute approximate surface area is 107 Å². The molecule has 0 saturated heterocycles. The molecular weight excluding hydrogens is 222 g/mol. The summed E-state index contributed by atoms with van der Waals surface area (Å²) in [5.74, 6) is 0. The van der Waals surface area contributed by atoms with Crippen LogP contribution in [0.1, 0.15) is 16.7 Å². The third-order valence-electron chi connectivity index (χ3n) is 3.10. The van der Waals surface area contributed by atoms with Gasteiger partial charge in [-0.1, -0.05) is 18.2 Å². The summed E-state index contributed by atoms with van der Waals surface area (Å²) in [4.78, 5) is 0. The molecule has 0 heterocycles. The molecule has 2 aromatic carbocycles. The van der Waals surface area contributed by atoms with E-state index in [9.17, 15) is 0 Å². The topological polar surface area (TPSA) is 61.8 Å². The van der Waals surface area contributed by atoms with Gasteiger partial charge in [0.1, 0.15) is 6.07 Å². The van der Waals surface area contributed by atoms with Gasteiger partial charge < -0.3 is 11.1 Å². The number of nitrogens with one attached hydrogen (secondary N) is 1. The molecule has 3 nitrogen and oxygen atoms in total. The zero-order valence-corrected chi connectivity index (χ0v) is 10.5. The Morgan fingerprint density at radius 3 is 2.44 bits per heavy atom. The van der Waals surface area contributed by atoms with Crippen LogP contribution in [0.5, 0.6) is 0 Å². The van der Waals surface area contributed by atoms with E-state index in [1.165, 1.54) is 11.1 Å². The van der Waals surface area contributed by atoms with E-state index in [0.717, 1.165) is 11.4 Å². The summed E-state index contributed by atoms with van der Waals surface area (Å²) in [7, 11) is 0. The molecule has 3 N–H and O–H groups in total. The van der Waals surface area contributed by atoms with Crippen LogP contribution >= 0.6 is 0 Å². The lowest BCUT2D eigenvalue weighted by atomic mass is 10.1. The first-order chi connectivity index (χ1) is 8.63. The summed E-state index contributed by atoms with van der Waals surface area (Å²) in [6.45, 7) is 4.12. The van der Waals surface area contributed by atoms with Crippen molar-refractivity contribution in [2.75, 3.05) is 11.1 Å². The molecule has 3 heteroatoms. The molecule has 0 bridgehead atoms. The van der Waals surface area contributed by atoms with Gasteiger partial charge in [0.05, 0.1) is 16.9 Å². The van der Waals surface area contributed by atoms with Gasteiger partial charge in [-0.25, -0.2) is 0 Å². The number of para-hydroxylation sites is 1. The van der Waals surface area contributed by atoms with Crippen molar-refractivity contribution in [2.45, 2.75) is 13.8 Å². The molecule has 0 amide bonds. The lowest BCUT2D eigenvalue weighted by molar-refractivity contribution is 1.33. The summed E-state index contributed by atoms with van der Waals surface area (Å²) in [6, 6.07) is 13.6. The summed E-state index contributed by atoms with van der Waals surface area (Å²) in [5.41, 5.74) is 11.1. The number of nitrogen functional groups attached to an aromatic ring is 1. The van der Waals surface area contributed by atoms with Crippen LogP contribution < -0.4 is 11.1 Å². The second kappa shape index (κ2) is 4.80. The standard InChI is InChI=1S/C15H15N3/c1-10-5-3-7-13(11(10)2)18-14-8-4-6-12(9-16)15(14)17/h3-8,18H,17H2,1-2H3. The van der Waals surface area contributed by atoms with Crippen molar-refractivity contribution in [2.24, 2.45) is 0 Å². The third kappa shape index (κ3) is 2.14. The molecular formula is C15H15N3. The van der Waals surface area contributed by atoms with Crippen LogP contribution in [0.25, 0.3) is 0 Å². The number of hydrogen-bond donors (Lipinski definition) is 2. The Morgan fingerprint density at radius 1 is 1.06 bits per heavy atom. The van der Waals surface area contributed by atoms with Gasteiger partial charge in [0.25, 0.3) is 0 Å². The fraction of sp³-hybridized carbons (Fsp3) is 0.133. The minimum Gasteiger partial charge on any atom is -0.396 e. The molecule has 0 fully saturated rings. The molecule has 0 saturated carbocycles. The fourth-order valence-corrected chi connectivity index (χ4v) is 1.80. The minimum atomic E-state index is 0.487. The van der Waals surface area contributed by atoms with Crippen LogP contribution in [0.15, 0.2) is 36.4 Å². The monoisotopic (exact) mass is 237 g/mol.